The number of ether oxygens (including phenoxy) is 1. The van der Waals surface area contributed by atoms with E-state index in [-0.39, 0.29) is 18.3 Å². The quantitative estimate of drug-likeness (QED) is 0.486. The Morgan fingerprint density at radius 2 is 1.79 bits per heavy atom. The molecule has 0 spiro atoms. The van der Waals surface area contributed by atoms with E-state index in [1.807, 2.05) is 18.2 Å². The highest BCUT2D eigenvalue weighted by molar-refractivity contribution is 6.04. The minimum atomic E-state index is -0.309. The number of anilines is 1. The fraction of sp³-hybridized carbons (Fsp3) is 0.0435. The molecule has 3 aromatic carbocycles. The predicted molar refractivity (Wildman–Crippen MR) is 107 cm³/mol. The molecular weight excluding hydrogens is 371 g/mol. The number of nitrogens with zero attached hydrogens (tertiary/aromatic N) is 1. The number of hydrogen-bond donors (Lipinski definition) is 1. The van der Waals surface area contributed by atoms with Crippen LogP contribution in [0.1, 0.15) is 16.2 Å². The molecule has 5 nitrogen and oxygen atoms in total. The number of benzene rings is 3. The zero-order chi connectivity index (χ0) is 20.1. The minimum Gasteiger partial charge on any atom is -0.484 e. The van der Waals surface area contributed by atoms with E-state index in [2.05, 4.69) is 10.3 Å². The molecule has 6 heteroatoms. The molecule has 0 fully saturated rings. The van der Waals surface area contributed by atoms with Crippen LogP contribution in [0.2, 0.25) is 0 Å². The molecule has 1 aromatic heterocycles. The van der Waals surface area contributed by atoms with Gasteiger partial charge in [0.15, 0.2) is 12.4 Å². The lowest BCUT2D eigenvalue weighted by atomic mass is 10.2. The Labute approximate surface area is 166 Å². The second kappa shape index (κ2) is 8.39. The summed E-state index contributed by atoms with van der Waals surface area (Å²) < 4.78 is 24.4. The lowest BCUT2D eigenvalue weighted by molar-refractivity contribution is 0.102. The number of carbonyl (C=O) groups excluding carboxylic acids is 1. The number of carbonyl (C=O) groups is 1. The van der Waals surface area contributed by atoms with E-state index in [9.17, 15) is 9.18 Å². The van der Waals surface area contributed by atoms with E-state index < -0.39 is 0 Å². The van der Waals surface area contributed by atoms with Crippen molar-refractivity contribution < 1.29 is 18.3 Å². The molecule has 144 valence electrons. The summed E-state index contributed by atoms with van der Waals surface area (Å²) in [6, 6.07) is 22.0. The third-order valence-corrected chi connectivity index (χ3v) is 4.17. The number of aromatic nitrogens is 1. The highest BCUT2D eigenvalue weighted by Gasteiger charge is 2.09. The zero-order valence-electron chi connectivity index (χ0n) is 15.3. The van der Waals surface area contributed by atoms with Gasteiger partial charge in [0.05, 0.1) is 6.20 Å². The number of nitrogens with one attached hydrogen (secondary N) is 1. The van der Waals surface area contributed by atoms with Crippen molar-refractivity contribution in [1.29, 1.82) is 0 Å². The van der Waals surface area contributed by atoms with Crippen LogP contribution in [0, 0.1) is 5.82 Å². The van der Waals surface area contributed by atoms with Crippen LogP contribution in [0.5, 0.6) is 5.75 Å². The molecule has 0 saturated carbocycles. The van der Waals surface area contributed by atoms with Gasteiger partial charge in [-0.05, 0) is 48.5 Å². The lowest BCUT2D eigenvalue weighted by Gasteiger charge is -2.08. The summed E-state index contributed by atoms with van der Waals surface area (Å²) in [5, 5.41) is 2.84. The maximum absolute atomic E-state index is 13.0. The average molecular weight is 388 g/mol. The van der Waals surface area contributed by atoms with Crippen LogP contribution in [-0.2, 0) is 6.61 Å². The van der Waals surface area contributed by atoms with E-state index in [4.69, 9.17) is 9.15 Å². The SMILES string of the molecule is O=C(Nc1cccc(OCc2ncc(-c3ccc(F)cc3)o2)c1)c1ccccc1. The van der Waals surface area contributed by atoms with Crippen LogP contribution in [0.15, 0.2) is 89.5 Å². The van der Waals surface area contributed by atoms with Gasteiger partial charge in [0.25, 0.3) is 5.91 Å². The molecule has 29 heavy (non-hydrogen) atoms. The number of rotatable bonds is 6. The van der Waals surface area contributed by atoms with Gasteiger partial charge in [0.1, 0.15) is 11.6 Å². The van der Waals surface area contributed by atoms with Crippen LogP contribution in [0.25, 0.3) is 11.3 Å². The Kier molecular flexibility index (Phi) is 5.33. The van der Waals surface area contributed by atoms with Gasteiger partial charge >= 0.3 is 0 Å². The molecule has 1 amide bonds. The largest absolute Gasteiger partial charge is 0.484 e. The molecular formula is C23H17FN2O3. The molecule has 1 heterocycles. The molecule has 0 aliphatic carbocycles. The predicted octanol–water partition coefficient (Wildman–Crippen LogP) is 5.31. The number of hydrogen-bond acceptors (Lipinski definition) is 4. The summed E-state index contributed by atoms with van der Waals surface area (Å²) in [6.07, 6.45) is 1.57. The maximum Gasteiger partial charge on any atom is 0.255 e. The molecule has 4 aromatic rings. The summed E-state index contributed by atoms with van der Waals surface area (Å²) in [5.41, 5.74) is 1.93. The fourth-order valence-corrected chi connectivity index (χ4v) is 2.73. The van der Waals surface area contributed by atoms with E-state index in [0.717, 1.165) is 5.56 Å². The fourth-order valence-electron chi connectivity index (χ4n) is 2.73. The second-order valence-corrected chi connectivity index (χ2v) is 6.26. The molecule has 0 aliphatic rings. The molecule has 0 radical (unpaired) electrons. The van der Waals surface area contributed by atoms with E-state index in [1.165, 1.54) is 12.1 Å². The van der Waals surface area contributed by atoms with Gasteiger partial charge in [-0.1, -0.05) is 24.3 Å². The Morgan fingerprint density at radius 3 is 2.59 bits per heavy atom. The summed E-state index contributed by atoms with van der Waals surface area (Å²) in [4.78, 5) is 16.4. The molecule has 0 atom stereocenters. The van der Waals surface area contributed by atoms with E-state index >= 15 is 0 Å². The first-order valence-electron chi connectivity index (χ1n) is 8.97. The summed E-state index contributed by atoms with van der Waals surface area (Å²) in [7, 11) is 0. The van der Waals surface area contributed by atoms with Crippen LogP contribution < -0.4 is 10.1 Å². The lowest BCUT2D eigenvalue weighted by Crippen LogP contribution is -2.11. The highest BCUT2D eigenvalue weighted by Crippen LogP contribution is 2.23. The van der Waals surface area contributed by atoms with Crippen molar-refractivity contribution >= 4 is 11.6 Å². The third kappa shape index (κ3) is 4.68. The molecule has 0 unspecified atom stereocenters. The van der Waals surface area contributed by atoms with Gasteiger partial charge in [-0.25, -0.2) is 9.37 Å². The minimum absolute atomic E-state index is 0.122. The van der Waals surface area contributed by atoms with Crippen LogP contribution in [0.3, 0.4) is 0 Å². The van der Waals surface area contributed by atoms with Crippen molar-refractivity contribution in [3.8, 4) is 17.1 Å². The van der Waals surface area contributed by atoms with Gasteiger partial charge in [0.2, 0.25) is 5.89 Å². The van der Waals surface area contributed by atoms with Crippen LogP contribution >= 0.6 is 0 Å². The van der Waals surface area contributed by atoms with Crippen molar-refractivity contribution in [2.45, 2.75) is 6.61 Å². The third-order valence-electron chi connectivity index (χ3n) is 4.17. The maximum atomic E-state index is 13.0. The van der Waals surface area contributed by atoms with Crippen molar-refractivity contribution in [1.82, 2.24) is 4.98 Å². The first-order chi connectivity index (χ1) is 14.2. The number of oxazole rings is 1. The van der Waals surface area contributed by atoms with Gasteiger partial charge in [-0.3, -0.25) is 4.79 Å². The van der Waals surface area contributed by atoms with Gasteiger partial charge in [-0.2, -0.15) is 0 Å². The Hall–Kier alpha value is -3.93. The highest BCUT2D eigenvalue weighted by atomic mass is 19.1. The van der Waals surface area contributed by atoms with Gasteiger partial charge < -0.3 is 14.5 Å². The van der Waals surface area contributed by atoms with Gasteiger partial charge in [-0.15, -0.1) is 0 Å². The molecule has 0 bridgehead atoms. The average Bonchev–Trinajstić information content (AvgIpc) is 3.23. The van der Waals surface area contributed by atoms with Crippen molar-refractivity contribution in [2.24, 2.45) is 0 Å². The first-order valence-corrected chi connectivity index (χ1v) is 8.97. The first kappa shape index (κ1) is 18.4. The van der Waals surface area contributed by atoms with Crippen LogP contribution in [-0.4, -0.2) is 10.9 Å². The number of halogens is 1. The van der Waals surface area contributed by atoms with Crippen molar-refractivity contribution in [3.63, 3.8) is 0 Å². The van der Waals surface area contributed by atoms with Crippen molar-refractivity contribution in [3.05, 3.63) is 102 Å². The van der Waals surface area contributed by atoms with E-state index in [0.29, 0.717) is 28.7 Å². The Balaban J connectivity index is 1.39. The summed E-state index contributed by atoms with van der Waals surface area (Å²) in [5.74, 6) is 0.989. The molecule has 4 rings (SSSR count). The molecule has 1 N–H and O–H groups in total. The van der Waals surface area contributed by atoms with Gasteiger partial charge in [0, 0.05) is 22.9 Å². The summed E-state index contributed by atoms with van der Waals surface area (Å²) >= 11 is 0. The summed E-state index contributed by atoms with van der Waals surface area (Å²) in [6.45, 7) is 0.122. The second-order valence-electron chi connectivity index (χ2n) is 6.26. The smallest absolute Gasteiger partial charge is 0.255 e. The standard InChI is InChI=1S/C23H17FN2O3/c24-18-11-9-16(10-12-18)21-14-25-22(29-21)15-28-20-8-4-7-19(13-20)26-23(27)17-5-2-1-3-6-17/h1-14H,15H2,(H,26,27). The topological polar surface area (TPSA) is 64.4 Å². The van der Waals surface area contributed by atoms with E-state index in [1.54, 1.807) is 54.7 Å². The number of amides is 1. The van der Waals surface area contributed by atoms with Crippen LogP contribution in [0.4, 0.5) is 10.1 Å². The Bertz CT molecular complexity index is 1110. The van der Waals surface area contributed by atoms with Crippen molar-refractivity contribution in [2.75, 3.05) is 5.32 Å². The molecule has 0 saturated heterocycles. The monoisotopic (exact) mass is 388 g/mol. The normalized spacial score (nSPS) is 10.5. The Morgan fingerprint density at radius 1 is 1.00 bits per heavy atom. The molecule has 0 aliphatic heterocycles. The zero-order valence-corrected chi connectivity index (χ0v) is 15.3.